The monoisotopic (exact) mass is 195 g/mol. The van der Waals surface area contributed by atoms with Crippen LogP contribution in [0.5, 0.6) is 0 Å². The van der Waals surface area contributed by atoms with Crippen molar-refractivity contribution in [2.24, 2.45) is 0 Å². The number of carbonyl (C=O) groups excluding carboxylic acids is 1. The predicted octanol–water partition coefficient (Wildman–Crippen LogP) is 2.77. The van der Waals surface area contributed by atoms with Gasteiger partial charge in [0.25, 0.3) is 0 Å². The van der Waals surface area contributed by atoms with Gasteiger partial charge in [-0.25, -0.2) is 0 Å². The molecule has 0 rings (SSSR count). The minimum absolute atomic E-state index is 0.114. The van der Waals surface area contributed by atoms with Gasteiger partial charge in [0.15, 0.2) is 0 Å². The van der Waals surface area contributed by atoms with E-state index in [2.05, 4.69) is 13.5 Å². The summed E-state index contributed by atoms with van der Waals surface area (Å²) in [5.41, 5.74) is 0. The molecule has 0 spiro atoms. The highest BCUT2D eigenvalue weighted by atomic mass is 16.2. The van der Waals surface area contributed by atoms with Gasteiger partial charge in [0.05, 0.1) is 0 Å². The number of hydrogen-bond donors (Lipinski definition) is 0. The molecule has 0 radical (unpaired) electrons. The molecule has 0 aliphatic rings. The molecule has 0 aromatic carbocycles. The molecule has 0 saturated heterocycles. The minimum atomic E-state index is 0.114. The summed E-state index contributed by atoms with van der Waals surface area (Å²) in [6, 6.07) is 0. The Balaban J connectivity index is 3.96. The average molecular weight is 195 g/mol. The van der Waals surface area contributed by atoms with E-state index in [1.807, 2.05) is 17.9 Å². The molecule has 1 amide bonds. The van der Waals surface area contributed by atoms with E-state index in [1.54, 1.807) is 12.2 Å². The van der Waals surface area contributed by atoms with Crippen LogP contribution in [0.25, 0.3) is 0 Å². The van der Waals surface area contributed by atoms with Crippen LogP contribution in [0.1, 0.15) is 33.1 Å². The van der Waals surface area contributed by atoms with Crippen LogP contribution in [0.3, 0.4) is 0 Å². The van der Waals surface area contributed by atoms with Gasteiger partial charge in [-0.2, -0.15) is 0 Å². The molecule has 0 aliphatic carbocycles. The normalized spacial score (nSPS) is 10.4. The number of likely N-dealkylation sites (N-methyl/N-ethyl adjacent to an activating group) is 1. The number of carbonyl (C=O) groups is 1. The van der Waals surface area contributed by atoms with E-state index in [9.17, 15) is 4.79 Å². The largest absolute Gasteiger partial charge is 0.339 e. The number of rotatable bonds is 7. The molecule has 14 heavy (non-hydrogen) atoms. The Labute approximate surface area is 87.3 Å². The van der Waals surface area contributed by atoms with E-state index in [1.165, 1.54) is 0 Å². The highest BCUT2D eigenvalue weighted by Gasteiger charge is 2.05. The Bertz CT molecular complexity index is 196. The van der Waals surface area contributed by atoms with Crippen LogP contribution in [-0.4, -0.2) is 23.9 Å². The average Bonchev–Trinajstić information content (AvgIpc) is 2.19. The van der Waals surface area contributed by atoms with Crippen molar-refractivity contribution in [2.45, 2.75) is 33.1 Å². The van der Waals surface area contributed by atoms with E-state index < -0.39 is 0 Å². The summed E-state index contributed by atoms with van der Waals surface area (Å²) >= 11 is 0. The lowest BCUT2D eigenvalue weighted by atomic mass is 10.3. The quantitative estimate of drug-likeness (QED) is 0.452. The Kier molecular flexibility index (Phi) is 7.90. The molecule has 0 aromatic rings. The Morgan fingerprint density at radius 3 is 2.64 bits per heavy atom. The van der Waals surface area contributed by atoms with Gasteiger partial charge in [0.1, 0.15) is 0 Å². The minimum Gasteiger partial charge on any atom is -0.339 e. The van der Waals surface area contributed by atoms with Crippen molar-refractivity contribution in [1.82, 2.24) is 4.90 Å². The fraction of sp³-hybridized carbons (Fsp3) is 0.583. The Morgan fingerprint density at radius 1 is 1.43 bits per heavy atom. The number of hydrogen-bond acceptors (Lipinski definition) is 1. The molecule has 0 saturated carbocycles. The fourth-order valence-corrected chi connectivity index (χ4v) is 1.14. The van der Waals surface area contributed by atoms with Gasteiger partial charge in [0, 0.05) is 13.1 Å². The second-order valence-corrected chi connectivity index (χ2v) is 3.20. The number of allylic oxidation sites excluding steroid dienone is 2. The molecule has 80 valence electrons. The highest BCUT2D eigenvalue weighted by Crippen LogP contribution is 1.97. The van der Waals surface area contributed by atoms with Crippen molar-refractivity contribution in [2.75, 3.05) is 13.1 Å². The molecule has 0 bridgehead atoms. The molecule has 0 N–H and O–H groups in total. The lowest BCUT2D eigenvalue weighted by Crippen LogP contribution is -2.30. The van der Waals surface area contributed by atoms with E-state index >= 15 is 0 Å². The van der Waals surface area contributed by atoms with Crippen LogP contribution in [-0.2, 0) is 4.79 Å². The number of amides is 1. The predicted molar refractivity (Wildman–Crippen MR) is 61.1 cm³/mol. The Morgan fingerprint density at radius 2 is 2.14 bits per heavy atom. The first-order chi connectivity index (χ1) is 6.76. The maximum absolute atomic E-state index is 11.6. The fourth-order valence-electron chi connectivity index (χ4n) is 1.14. The van der Waals surface area contributed by atoms with Crippen molar-refractivity contribution in [1.29, 1.82) is 0 Å². The molecule has 2 heteroatoms. The molecule has 0 fully saturated rings. The molecule has 0 heterocycles. The number of nitrogens with zero attached hydrogens (tertiary/aromatic N) is 1. The SMILES string of the molecule is C=CC/C=C/C(=O)N(CC)CCCC. The van der Waals surface area contributed by atoms with Gasteiger partial charge in [-0.15, -0.1) is 6.58 Å². The molecule has 2 nitrogen and oxygen atoms in total. The lowest BCUT2D eigenvalue weighted by molar-refractivity contribution is -0.125. The van der Waals surface area contributed by atoms with Gasteiger partial charge in [-0.3, -0.25) is 4.79 Å². The van der Waals surface area contributed by atoms with Crippen LogP contribution < -0.4 is 0 Å². The van der Waals surface area contributed by atoms with Gasteiger partial charge < -0.3 is 4.90 Å². The lowest BCUT2D eigenvalue weighted by Gasteiger charge is -2.18. The molecule has 0 atom stereocenters. The topological polar surface area (TPSA) is 20.3 Å². The van der Waals surface area contributed by atoms with Crippen LogP contribution in [0.2, 0.25) is 0 Å². The standard InChI is InChI=1S/C12H21NO/c1-4-7-9-10-12(14)13(6-3)11-8-5-2/h4,9-10H,1,5-8,11H2,2-3H3/b10-9+. The summed E-state index contributed by atoms with van der Waals surface area (Å²) in [5, 5.41) is 0. The van der Waals surface area contributed by atoms with Gasteiger partial charge in [0.2, 0.25) is 5.91 Å². The smallest absolute Gasteiger partial charge is 0.246 e. The summed E-state index contributed by atoms with van der Waals surface area (Å²) in [7, 11) is 0. The summed E-state index contributed by atoms with van der Waals surface area (Å²) in [4.78, 5) is 13.4. The third-order valence-electron chi connectivity index (χ3n) is 2.04. The molecular formula is C12H21NO. The first-order valence-corrected chi connectivity index (χ1v) is 5.32. The van der Waals surface area contributed by atoms with Crippen molar-refractivity contribution < 1.29 is 4.79 Å². The molecule has 0 unspecified atom stereocenters. The van der Waals surface area contributed by atoms with Crippen LogP contribution in [0.15, 0.2) is 24.8 Å². The van der Waals surface area contributed by atoms with E-state index in [0.29, 0.717) is 0 Å². The third-order valence-corrected chi connectivity index (χ3v) is 2.04. The third kappa shape index (κ3) is 5.57. The van der Waals surface area contributed by atoms with Crippen LogP contribution in [0.4, 0.5) is 0 Å². The first kappa shape index (κ1) is 12.9. The maximum atomic E-state index is 11.6. The first-order valence-electron chi connectivity index (χ1n) is 5.32. The van der Waals surface area contributed by atoms with Crippen molar-refractivity contribution in [3.8, 4) is 0 Å². The zero-order valence-corrected chi connectivity index (χ0v) is 9.33. The van der Waals surface area contributed by atoms with Crippen molar-refractivity contribution in [3.05, 3.63) is 24.8 Å². The Hall–Kier alpha value is -1.05. The molecule has 0 aliphatic heterocycles. The van der Waals surface area contributed by atoms with Crippen LogP contribution in [0, 0.1) is 0 Å². The summed E-state index contributed by atoms with van der Waals surface area (Å²) in [6.45, 7) is 9.39. The van der Waals surface area contributed by atoms with Gasteiger partial charge in [-0.05, 0) is 25.8 Å². The second-order valence-electron chi connectivity index (χ2n) is 3.20. The zero-order chi connectivity index (χ0) is 10.8. The highest BCUT2D eigenvalue weighted by molar-refractivity contribution is 5.87. The van der Waals surface area contributed by atoms with Gasteiger partial charge in [-0.1, -0.05) is 25.5 Å². The van der Waals surface area contributed by atoms with E-state index in [0.717, 1.165) is 32.4 Å². The van der Waals surface area contributed by atoms with Crippen molar-refractivity contribution in [3.63, 3.8) is 0 Å². The summed E-state index contributed by atoms with van der Waals surface area (Å²) in [5.74, 6) is 0.114. The van der Waals surface area contributed by atoms with E-state index in [-0.39, 0.29) is 5.91 Å². The zero-order valence-electron chi connectivity index (χ0n) is 9.33. The maximum Gasteiger partial charge on any atom is 0.246 e. The molecular weight excluding hydrogens is 174 g/mol. The summed E-state index contributed by atoms with van der Waals surface area (Å²) < 4.78 is 0. The van der Waals surface area contributed by atoms with E-state index in [4.69, 9.17) is 0 Å². The van der Waals surface area contributed by atoms with Crippen molar-refractivity contribution >= 4 is 5.91 Å². The summed E-state index contributed by atoms with van der Waals surface area (Å²) in [6.07, 6.45) is 8.24. The molecule has 0 aromatic heterocycles. The number of unbranched alkanes of at least 4 members (excludes halogenated alkanes) is 1. The van der Waals surface area contributed by atoms with Gasteiger partial charge >= 0.3 is 0 Å². The second kappa shape index (κ2) is 8.54. The van der Waals surface area contributed by atoms with Crippen LogP contribution >= 0.6 is 0 Å².